The van der Waals surface area contributed by atoms with Crippen molar-refractivity contribution in [3.8, 4) is 5.75 Å². The smallest absolute Gasteiger partial charge is 0.416 e. The van der Waals surface area contributed by atoms with Gasteiger partial charge in [0.15, 0.2) is 0 Å². The van der Waals surface area contributed by atoms with Gasteiger partial charge in [-0.25, -0.2) is 0 Å². The quantitative estimate of drug-likeness (QED) is 0.714. The Morgan fingerprint density at radius 3 is 2.46 bits per heavy atom. The van der Waals surface area contributed by atoms with E-state index in [9.17, 15) is 18.0 Å². The lowest BCUT2D eigenvalue weighted by Crippen LogP contribution is -2.52. The first-order valence-electron chi connectivity index (χ1n) is 9.73. The molecule has 1 saturated heterocycles. The second-order valence-electron chi connectivity index (χ2n) is 7.43. The van der Waals surface area contributed by atoms with Crippen LogP contribution >= 0.6 is 11.8 Å². The van der Waals surface area contributed by atoms with Crippen LogP contribution in [0.5, 0.6) is 5.75 Å². The SMILES string of the molecule is COc1cc(C(F)(F)F)cc(SC)c1C(=O)NC1CCCCC1N1CCCC1. The lowest BCUT2D eigenvalue weighted by Gasteiger charge is -2.38. The maximum absolute atomic E-state index is 13.2. The second kappa shape index (κ2) is 8.95. The van der Waals surface area contributed by atoms with E-state index in [4.69, 9.17) is 4.74 Å². The molecule has 0 aromatic heterocycles. The van der Waals surface area contributed by atoms with E-state index in [1.54, 1.807) is 6.26 Å². The zero-order chi connectivity index (χ0) is 20.3. The predicted molar refractivity (Wildman–Crippen MR) is 104 cm³/mol. The van der Waals surface area contributed by atoms with Crippen LogP contribution in [0.3, 0.4) is 0 Å². The number of hydrogen-bond acceptors (Lipinski definition) is 4. The summed E-state index contributed by atoms with van der Waals surface area (Å²) in [5, 5.41) is 3.11. The highest BCUT2D eigenvalue weighted by molar-refractivity contribution is 7.98. The Morgan fingerprint density at radius 1 is 1.18 bits per heavy atom. The average Bonchev–Trinajstić information content (AvgIpc) is 3.21. The normalized spacial score (nSPS) is 23.6. The number of nitrogens with zero attached hydrogens (tertiary/aromatic N) is 1. The Labute approximate surface area is 168 Å². The molecule has 1 aliphatic heterocycles. The fourth-order valence-electron chi connectivity index (χ4n) is 4.33. The van der Waals surface area contributed by atoms with Crippen molar-refractivity contribution in [2.45, 2.75) is 61.7 Å². The number of ether oxygens (including phenoxy) is 1. The van der Waals surface area contributed by atoms with Gasteiger partial charge in [0.2, 0.25) is 0 Å². The van der Waals surface area contributed by atoms with Crippen LogP contribution in [-0.2, 0) is 6.18 Å². The zero-order valence-electron chi connectivity index (χ0n) is 16.3. The van der Waals surface area contributed by atoms with Crippen LogP contribution in [-0.4, -0.2) is 49.3 Å². The standard InChI is InChI=1S/C20H27F3N2O2S/c1-27-16-11-13(20(21,22)23)12-17(28-2)18(16)19(26)24-14-7-3-4-8-15(14)25-9-5-6-10-25/h11-12,14-15H,3-10H2,1-2H3,(H,24,26). The first-order chi connectivity index (χ1) is 13.3. The molecule has 4 nitrogen and oxygen atoms in total. The summed E-state index contributed by atoms with van der Waals surface area (Å²) < 4.78 is 44.7. The van der Waals surface area contributed by atoms with Gasteiger partial charge in [-0.3, -0.25) is 9.69 Å². The van der Waals surface area contributed by atoms with Gasteiger partial charge in [-0.2, -0.15) is 13.2 Å². The van der Waals surface area contributed by atoms with E-state index in [2.05, 4.69) is 10.2 Å². The Kier molecular flexibility index (Phi) is 6.81. The van der Waals surface area contributed by atoms with Gasteiger partial charge in [0, 0.05) is 17.0 Å². The topological polar surface area (TPSA) is 41.6 Å². The third-order valence-electron chi connectivity index (χ3n) is 5.72. The minimum absolute atomic E-state index is 0.0149. The maximum atomic E-state index is 13.2. The molecule has 28 heavy (non-hydrogen) atoms. The highest BCUT2D eigenvalue weighted by Gasteiger charge is 2.36. The van der Waals surface area contributed by atoms with Crippen molar-refractivity contribution in [1.29, 1.82) is 0 Å². The van der Waals surface area contributed by atoms with Gasteiger partial charge in [0.1, 0.15) is 5.75 Å². The summed E-state index contributed by atoms with van der Waals surface area (Å²) in [6.07, 6.45) is 3.67. The molecular weight excluding hydrogens is 389 g/mol. The van der Waals surface area contributed by atoms with E-state index in [1.807, 2.05) is 0 Å². The molecule has 8 heteroatoms. The second-order valence-corrected chi connectivity index (χ2v) is 8.28. The summed E-state index contributed by atoms with van der Waals surface area (Å²) in [4.78, 5) is 15.8. The highest BCUT2D eigenvalue weighted by atomic mass is 32.2. The van der Waals surface area contributed by atoms with Crippen molar-refractivity contribution in [3.63, 3.8) is 0 Å². The third kappa shape index (κ3) is 4.59. The Morgan fingerprint density at radius 2 is 1.86 bits per heavy atom. The molecule has 2 aliphatic rings. The third-order valence-corrected chi connectivity index (χ3v) is 6.48. The minimum Gasteiger partial charge on any atom is -0.496 e. The van der Waals surface area contributed by atoms with Crippen LogP contribution in [0, 0.1) is 0 Å². The Hall–Kier alpha value is -1.41. The number of rotatable bonds is 5. The van der Waals surface area contributed by atoms with Crippen LogP contribution in [0.1, 0.15) is 54.4 Å². The van der Waals surface area contributed by atoms with E-state index in [-0.39, 0.29) is 28.2 Å². The molecular formula is C20H27F3N2O2S. The molecule has 2 atom stereocenters. The number of thioether (sulfide) groups is 1. The van der Waals surface area contributed by atoms with Crippen molar-refractivity contribution >= 4 is 17.7 Å². The number of hydrogen-bond donors (Lipinski definition) is 1. The van der Waals surface area contributed by atoms with Crippen molar-refractivity contribution < 1.29 is 22.7 Å². The number of methoxy groups -OCH3 is 1. The van der Waals surface area contributed by atoms with E-state index in [0.29, 0.717) is 6.04 Å². The molecule has 1 aliphatic carbocycles. The number of amides is 1. The molecule has 1 amide bonds. The lowest BCUT2D eigenvalue weighted by molar-refractivity contribution is -0.137. The van der Waals surface area contributed by atoms with Gasteiger partial charge in [-0.1, -0.05) is 12.8 Å². The number of nitrogens with one attached hydrogen (secondary N) is 1. The van der Waals surface area contributed by atoms with Crippen molar-refractivity contribution in [3.05, 3.63) is 23.3 Å². The number of carbonyl (C=O) groups excluding carboxylic acids is 1. The highest BCUT2D eigenvalue weighted by Crippen LogP contribution is 2.38. The number of carbonyl (C=O) groups is 1. The molecule has 2 unspecified atom stereocenters. The molecule has 1 aromatic rings. The van der Waals surface area contributed by atoms with Crippen molar-refractivity contribution in [2.24, 2.45) is 0 Å². The zero-order valence-corrected chi connectivity index (χ0v) is 17.1. The Bertz CT molecular complexity index is 680. The Balaban J connectivity index is 1.86. The van der Waals surface area contributed by atoms with Gasteiger partial charge >= 0.3 is 6.18 Å². The van der Waals surface area contributed by atoms with Gasteiger partial charge in [-0.15, -0.1) is 11.8 Å². The lowest BCUT2D eigenvalue weighted by atomic mass is 9.89. The summed E-state index contributed by atoms with van der Waals surface area (Å²) in [7, 11) is 1.30. The largest absolute Gasteiger partial charge is 0.496 e. The summed E-state index contributed by atoms with van der Waals surface area (Å²) in [5.41, 5.74) is -0.619. The van der Waals surface area contributed by atoms with Crippen molar-refractivity contribution in [2.75, 3.05) is 26.5 Å². The number of halogens is 3. The predicted octanol–water partition coefficient (Wildman–Crippen LogP) is 4.57. The van der Waals surface area contributed by atoms with Crippen LogP contribution in [0.2, 0.25) is 0 Å². The molecule has 2 fully saturated rings. The van der Waals surface area contributed by atoms with Gasteiger partial charge in [-0.05, 0) is 57.2 Å². The van der Waals surface area contributed by atoms with Crippen LogP contribution in [0.25, 0.3) is 0 Å². The fourth-order valence-corrected chi connectivity index (χ4v) is 4.97. The molecule has 0 spiro atoms. The first-order valence-corrected chi connectivity index (χ1v) is 11.0. The molecule has 0 bridgehead atoms. The summed E-state index contributed by atoms with van der Waals surface area (Å²) >= 11 is 1.12. The van der Waals surface area contributed by atoms with E-state index >= 15 is 0 Å². The van der Waals surface area contributed by atoms with Crippen molar-refractivity contribution in [1.82, 2.24) is 10.2 Å². The molecule has 1 aromatic carbocycles. The number of likely N-dealkylation sites (tertiary alicyclic amines) is 1. The fraction of sp³-hybridized carbons (Fsp3) is 0.650. The molecule has 1 N–H and O–H groups in total. The van der Waals surface area contributed by atoms with Gasteiger partial charge in [0.05, 0.1) is 18.2 Å². The van der Waals surface area contributed by atoms with E-state index in [0.717, 1.165) is 62.7 Å². The van der Waals surface area contributed by atoms with Gasteiger partial charge < -0.3 is 10.1 Å². The van der Waals surface area contributed by atoms with Crippen LogP contribution < -0.4 is 10.1 Å². The first kappa shape index (κ1) is 21.3. The van der Waals surface area contributed by atoms with E-state index < -0.39 is 11.7 Å². The molecule has 1 saturated carbocycles. The summed E-state index contributed by atoms with van der Waals surface area (Å²) in [5.74, 6) is -0.392. The average molecular weight is 417 g/mol. The number of alkyl halides is 3. The van der Waals surface area contributed by atoms with Crippen LogP contribution in [0.4, 0.5) is 13.2 Å². The van der Waals surface area contributed by atoms with E-state index in [1.165, 1.54) is 20.0 Å². The molecule has 1 heterocycles. The summed E-state index contributed by atoms with van der Waals surface area (Å²) in [6.45, 7) is 2.10. The number of benzene rings is 1. The molecule has 3 rings (SSSR count). The monoisotopic (exact) mass is 416 g/mol. The van der Waals surface area contributed by atoms with Crippen LogP contribution in [0.15, 0.2) is 17.0 Å². The maximum Gasteiger partial charge on any atom is 0.416 e. The minimum atomic E-state index is -4.49. The molecule has 156 valence electrons. The molecule has 0 radical (unpaired) electrons. The summed E-state index contributed by atoms with van der Waals surface area (Å²) in [6, 6.07) is 2.26. The van der Waals surface area contributed by atoms with Gasteiger partial charge in [0.25, 0.3) is 5.91 Å².